The topological polar surface area (TPSA) is 82.5 Å². The van der Waals surface area contributed by atoms with Crippen molar-refractivity contribution in [3.63, 3.8) is 0 Å². The minimum Gasteiger partial charge on any atom is -0.388 e. The number of nitrogens with zero attached hydrogens (tertiary/aromatic N) is 1. The van der Waals surface area contributed by atoms with Gasteiger partial charge in [-0.25, -0.2) is 4.98 Å². The van der Waals surface area contributed by atoms with Gasteiger partial charge in [-0.15, -0.1) is 0 Å². The lowest BCUT2D eigenvalue weighted by molar-refractivity contribution is -0.140. The van der Waals surface area contributed by atoms with Gasteiger partial charge in [-0.05, 0) is 11.6 Å². The number of nitrogens with one attached hydrogen (secondary N) is 1. The SMILES string of the molecule is CC(=O)NCC(O)C(O)c1cc(Cl)ncc1C(F)(F)F. The standard InChI is InChI=1S/C11H12ClF3N2O3/c1-5(18)16-4-8(19)10(20)6-2-9(12)17-3-7(6)11(13,14)15/h2-3,8,10,19-20H,4H2,1H3,(H,16,18). The minimum absolute atomic E-state index is 0.251. The Morgan fingerprint density at radius 2 is 2.10 bits per heavy atom. The summed E-state index contributed by atoms with van der Waals surface area (Å²) in [5.74, 6) is -0.486. The highest BCUT2D eigenvalue weighted by Gasteiger charge is 2.37. The van der Waals surface area contributed by atoms with E-state index in [1.807, 2.05) is 0 Å². The quantitative estimate of drug-likeness (QED) is 0.732. The molecule has 9 heteroatoms. The third-order valence-electron chi connectivity index (χ3n) is 2.45. The van der Waals surface area contributed by atoms with E-state index in [-0.39, 0.29) is 5.15 Å². The minimum atomic E-state index is -4.75. The van der Waals surface area contributed by atoms with E-state index in [0.29, 0.717) is 6.20 Å². The molecule has 1 amide bonds. The van der Waals surface area contributed by atoms with Crippen LogP contribution in [-0.2, 0) is 11.0 Å². The summed E-state index contributed by atoms with van der Waals surface area (Å²) in [6, 6.07) is 0.825. The average molecular weight is 313 g/mol. The maximum Gasteiger partial charge on any atom is 0.418 e. The van der Waals surface area contributed by atoms with Gasteiger partial charge in [-0.2, -0.15) is 13.2 Å². The fourth-order valence-electron chi connectivity index (χ4n) is 1.49. The Balaban J connectivity index is 3.04. The number of hydrogen-bond donors (Lipinski definition) is 3. The second-order valence-corrected chi connectivity index (χ2v) is 4.43. The van der Waals surface area contributed by atoms with Crippen LogP contribution >= 0.6 is 11.6 Å². The molecule has 0 saturated heterocycles. The van der Waals surface area contributed by atoms with E-state index >= 15 is 0 Å². The van der Waals surface area contributed by atoms with Crippen LogP contribution in [0.25, 0.3) is 0 Å². The van der Waals surface area contributed by atoms with Gasteiger partial charge in [-0.3, -0.25) is 4.79 Å². The van der Waals surface area contributed by atoms with Crippen LogP contribution in [0.1, 0.15) is 24.2 Å². The third-order valence-corrected chi connectivity index (χ3v) is 2.66. The lowest BCUT2D eigenvalue weighted by atomic mass is 10.00. The van der Waals surface area contributed by atoms with Crippen LogP contribution in [0, 0.1) is 0 Å². The molecule has 1 aromatic heterocycles. The smallest absolute Gasteiger partial charge is 0.388 e. The molecule has 0 aliphatic rings. The van der Waals surface area contributed by atoms with Crippen LogP contribution in [0.3, 0.4) is 0 Å². The molecule has 3 N–H and O–H groups in total. The molecule has 0 aliphatic heterocycles. The molecule has 2 unspecified atom stereocenters. The van der Waals surface area contributed by atoms with Crippen molar-refractivity contribution in [3.05, 3.63) is 28.5 Å². The normalized spacial score (nSPS) is 14.8. The van der Waals surface area contributed by atoms with Gasteiger partial charge in [0, 0.05) is 19.7 Å². The number of pyridine rings is 1. The fourth-order valence-corrected chi connectivity index (χ4v) is 1.66. The van der Waals surface area contributed by atoms with Gasteiger partial charge in [0.1, 0.15) is 17.4 Å². The summed E-state index contributed by atoms with van der Waals surface area (Å²) in [4.78, 5) is 14.0. The zero-order valence-corrected chi connectivity index (χ0v) is 11.0. The molecule has 1 rings (SSSR count). The summed E-state index contributed by atoms with van der Waals surface area (Å²) in [7, 11) is 0. The molecule has 0 radical (unpaired) electrons. The van der Waals surface area contributed by atoms with Crippen molar-refractivity contribution in [2.24, 2.45) is 0 Å². The maximum atomic E-state index is 12.8. The molecule has 0 bridgehead atoms. The van der Waals surface area contributed by atoms with Gasteiger partial charge in [-0.1, -0.05) is 11.6 Å². The number of aliphatic hydroxyl groups excluding tert-OH is 2. The molecule has 0 aromatic carbocycles. The molecule has 0 spiro atoms. The molecule has 20 heavy (non-hydrogen) atoms. The first-order chi connectivity index (χ1) is 9.12. The molecule has 1 aromatic rings. The third kappa shape index (κ3) is 4.32. The van der Waals surface area contributed by atoms with Crippen molar-refractivity contribution in [2.75, 3.05) is 6.54 Å². The summed E-state index contributed by atoms with van der Waals surface area (Å²) in [6.07, 6.45) is -7.74. The molecule has 0 aliphatic carbocycles. The first-order valence-electron chi connectivity index (χ1n) is 5.46. The van der Waals surface area contributed by atoms with E-state index in [0.717, 1.165) is 6.07 Å². The van der Waals surface area contributed by atoms with Gasteiger partial charge >= 0.3 is 6.18 Å². The van der Waals surface area contributed by atoms with Gasteiger partial charge in [0.25, 0.3) is 0 Å². The van der Waals surface area contributed by atoms with E-state index < -0.39 is 42.0 Å². The fraction of sp³-hybridized carbons (Fsp3) is 0.455. The van der Waals surface area contributed by atoms with Crippen LogP contribution in [-0.4, -0.2) is 33.8 Å². The lowest BCUT2D eigenvalue weighted by Gasteiger charge is -2.21. The van der Waals surface area contributed by atoms with E-state index in [2.05, 4.69) is 10.3 Å². The predicted octanol–water partition coefficient (Wildman–Crippen LogP) is 1.28. The molecule has 0 fully saturated rings. The van der Waals surface area contributed by atoms with Gasteiger partial charge in [0.2, 0.25) is 5.91 Å². The second-order valence-electron chi connectivity index (χ2n) is 4.04. The highest BCUT2D eigenvalue weighted by molar-refractivity contribution is 6.29. The van der Waals surface area contributed by atoms with E-state index in [1.54, 1.807) is 0 Å². The first-order valence-corrected chi connectivity index (χ1v) is 5.84. The summed E-state index contributed by atoms with van der Waals surface area (Å²) < 4.78 is 38.3. The molecule has 1 heterocycles. The van der Waals surface area contributed by atoms with Crippen molar-refractivity contribution >= 4 is 17.5 Å². The van der Waals surface area contributed by atoms with E-state index in [1.165, 1.54) is 6.92 Å². The Labute approximate surface area is 117 Å². The zero-order valence-electron chi connectivity index (χ0n) is 10.3. The van der Waals surface area contributed by atoms with Gasteiger partial charge in [0.15, 0.2) is 0 Å². The van der Waals surface area contributed by atoms with Crippen molar-refractivity contribution in [1.82, 2.24) is 10.3 Å². The molecule has 112 valence electrons. The predicted molar refractivity (Wildman–Crippen MR) is 63.9 cm³/mol. The van der Waals surface area contributed by atoms with Crippen LogP contribution in [0.4, 0.5) is 13.2 Å². The summed E-state index contributed by atoms with van der Waals surface area (Å²) in [5, 5.41) is 21.3. The van der Waals surface area contributed by atoms with Crippen molar-refractivity contribution in [2.45, 2.75) is 25.3 Å². The maximum absolute atomic E-state index is 12.8. The zero-order chi connectivity index (χ0) is 15.5. The Morgan fingerprint density at radius 3 is 2.60 bits per heavy atom. The summed E-state index contributed by atoms with van der Waals surface area (Å²) in [6.45, 7) is 0.775. The molecule has 0 saturated carbocycles. The monoisotopic (exact) mass is 312 g/mol. The number of alkyl halides is 3. The van der Waals surface area contributed by atoms with Gasteiger partial charge < -0.3 is 15.5 Å². The number of carbonyl (C=O) groups excluding carboxylic acids is 1. The Morgan fingerprint density at radius 1 is 1.50 bits per heavy atom. The molecular formula is C11H12ClF3N2O3. The Kier molecular flexibility index (Phi) is 5.32. The number of hydrogen-bond acceptors (Lipinski definition) is 4. The molecule has 2 atom stereocenters. The van der Waals surface area contributed by atoms with E-state index in [4.69, 9.17) is 11.6 Å². The summed E-state index contributed by atoms with van der Waals surface area (Å²) >= 11 is 5.50. The number of carbonyl (C=O) groups is 1. The number of halogens is 4. The van der Waals surface area contributed by atoms with Crippen molar-refractivity contribution in [3.8, 4) is 0 Å². The average Bonchev–Trinajstić information content (AvgIpc) is 2.33. The van der Waals surface area contributed by atoms with Crippen molar-refractivity contribution in [1.29, 1.82) is 0 Å². The van der Waals surface area contributed by atoms with Crippen molar-refractivity contribution < 1.29 is 28.2 Å². The van der Waals surface area contributed by atoms with E-state index in [9.17, 15) is 28.2 Å². The van der Waals surface area contributed by atoms with Crippen LogP contribution in [0.5, 0.6) is 0 Å². The number of aliphatic hydroxyl groups is 2. The van der Waals surface area contributed by atoms with Crippen LogP contribution < -0.4 is 5.32 Å². The number of rotatable bonds is 4. The van der Waals surface area contributed by atoms with Crippen LogP contribution in [0.15, 0.2) is 12.3 Å². The first kappa shape index (κ1) is 16.7. The molecule has 5 nitrogen and oxygen atoms in total. The number of amides is 1. The van der Waals surface area contributed by atoms with Gasteiger partial charge in [0.05, 0.1) is 5.56 Å². The van der Waals surface area contributed by atoms with Crippen LogP contribution in [0.2, 0.25) is 5.15 Å². The Hall–Kier alpha value is -1.38. The highest BCUT2D eigenvalue weighted by atomic mass is 35.5. The lowest BCUT2D eigenvalue weighted by Crippen LogP contribution is -2.35. The second kappa shape index (κ2) is 6.38. The highest BCUT2D eigenvalue weighted by Crippen LogP contribution is 2.35. The summed E-state index contributed by atoms with van der Waals surface area (Å²) in [5.41, 5.74) is -1.80. The number of aromatic nitrogens is 1. The molecular weight excluding hydrogens is 301 g/mol. The largest absolute Gasteiger partial charge is 0.418 e. The Bertz CT molecular complexity index is 496.